The molecule has 1 saturated carbocycles. The van der Waals surface area contributed by atoms with Gasteiger partial charge in [0.1, 0.15) is 5.75 Å². The predicted molar refractivity (Wildman–Crippen MR) is 72.4 cm³/mol. The molecule has 1 N–H and O–H groups in total. The van der Waals surface area contributed by atoms with Crippen molar-refractivity contribution in [3.05, 3.63) is 29.3 Å². The third-order valence-electron chi connectivity index (χ3n) is 3.15. The average Bonchev–Trinajstić information content (AvgIpc) is 2.33. The topological polar surface area (TPSA) is 38.3 Å². The Balaban J connectivity index is 1.79. The molecule has 3 nitrogen and oxygen atoms in total. The fourth-order valence-corrected chi connectivity index (χ4v) is 2.37. The maximum atomic E-state index is 11.7. The molecule has 1 amide bonds. The summed E-state index contributed by atoms with van der Waals surface area (Å²) in [7, 11) is 0. The van der Waals surface area contributed by atoms with E-state index in [-0.39, 0.29) is 18.1 Å². The summed E-state index contributed by atoms with van der Waals surface area (Å²) in [5.41, 5.74) is -0.206. The van der Waals surface area contributed by atoms with Crippen LogP contribution < -0.4 is 10.1 Å². The van der Waals surface area contributed by atoms with Crippen molar-refractivity contribution in [1.82, 2.24) is 5.32 Å². The zero-order chi connectivity index (χ0) is 13.0. The van der Waals surface area contributed by atoms with Crippen molar-refractivity contribution in [2.75, 3.05) is 12.5 Å². The molecule has 0 saturated heterocycles. The number of carbonyl (C=O) groups is 1. The summed E-state index contributed by atoms with van der Waals surface area (Å²) in [5, 5.41) is 3.58. The van der Waals surface area contributed by atoms with Crippen molar-refractivity contribution in [3.8, 4) is 5.75 Å². The molecule has 0 aromatic heterocycles. The second-order valence-electron chi connectivity index (χ2n) is 4.56. The van der Waals surface area contributed by atoms with Gasteiger partial charge in [-0.3, -0.25) is 4.79 Å². The quantitative estimate of drug-likeness (QED) is 0.846. The molecule has 1 fully saturated rings. The molecule has 1 aromatic carbocycles. The van der Waals surface area contributed by atoms with Gasteiger partial charge < -0.3 is 10.1 Å². The Morgan fingerprint density at radius 1 is 1.33 bits per heavy atom. The van der Waals surface area contributed by atoms with Crippen molar-refractivity contribution < 1.29 is 9.53 Å². The SMILES string of the molecule is O=C(COc1ccc(Cl)cc1)NC1(CCl)CCC1. The van der Waals surface area contributed by atoms with Gasteiger partial charge >= 0.3 is 0 Å². The van der Waals surface area contributed by atoms with Crippen LogP contribution in [0.5, 0.6) is 5.75 Å². The molecule has 2 rings (SSSR count). The molecule has 0 aliphatic heterocycles. The average molecular weight is 288 g/mol. The molecule has 0 radical (unpaired) electrons. The van der Waals surface area contributed by atoms with Crippen LogP contribution in [0.25, 0.3) is 0 Å². The maximum absolute atomic E-state index is 11.7. The zero-order valence-electron chi connectivity index (χ0n) is 9.92. The summed E-state index contributed by atoms with van der Waals surface area (Å²) in [6, 6.07) is 6.91. The minimum absolute atomic E-state index is 0.000269. The number of amides is 1. The second-order valence-corrected chi connectivity index (χ2v) is 5.26. The largest absolute Gasteiger partial charge is 0.484 e. The highest BCUT2D eigenvalue weighted by molar-refractivity contribution is 6.30. The van der Waals surface area contributed by atoms with E-state index in [1.165, 1.54) is 0 Å². The number of benzene rings is 1. The number of ether oxygens (including phenoxy) is 1. The van der Waals surface area contributed by atoms with Gasteiger partial charge in [0, 0.05) is 10.9 Å². The summed E-state index contributed by atoms with van der Waals surface area (Å²) >= 11 is 11.6. The van der Waals surface area contributed by atoms with Crippen molar-refractivity contribution in [2.45, 2.75) is 24.8 Å². The van der Waals surface area contributed by atoms with Crippen LogP contribution in [0.3, 0.4) is 0 Å². The van der Waals surface area contributed by atoms with Gasteiger partial charge in [-0.2, -0.15) is 0 Å². The van der Waals surface area contributed by atoms with Gasteiger partial charge in [0.15, 0.2) is 6.61 Å². The van der Waals surface area contributed by atoms with Crippen LogP contribution in [0.1, 0.15) is 19.3 Å². The minimum Gasteiger partial charge on any atom is -0.484 e. The number of hydrogen-bond acceptors (Lipinski definition) is 2. The molecule has 1 aromatic rings. The third kappa shape index (κ3) is 3.30. The lowest BCUT2D eigenvalue weighted by Crippen LogP contribution is -2.56. The second kappa shape index (κ2) is 5.81. The summed E-state index contributed by atoms with van der Waals surface area (Å²) in [6.07, 6.45) is 3.01. The van der Waals surface area contributed by atoms with E-state index in [0.717, 1.165) is 19.3 Å². The van der Waals surface area contributed by atoms with Gasteiger partial charge in [-0.25, -0.2) is 0 Å². The molecule has 0 bridgehead atoms. The highest BCUT2D eigenvalue weighted by Crippen LogP contribution is 2.32. The molecule has 0 heterocycles. The predicted octanol–water partition coefficient (Wildman–Crippen LogP) is 3.00. The van der Waals surface area contributed by atoms with Crippen LogP contribution in [0.4, 0.5) is 0 Å². The van der Waals surface area contributed by atoms with Crippen molar-refractivity contribution in [2.24, 2.45) is 0 Å². The number of hydrogen-bond donors (Lipinski definition) is 1. The standard InChI is InChI=1S/C13H15Cl2NO2/c14-9-13(6-1-7-13)16-12(17)8-18-11-4-2-10(15)3-5-11/h2-5H,1,6-9H2,(H,16,17). The first-order chi connectivity index (χ1) is 8.63. The van der Waals surface area contributed by atoms with Crippen molar-refractivity contribution in [1.29, 1.82) is 0 Å². The van der Waals surface area contributed by atoms with E-state index in [2.05, 4.69) is 5.32 Å². The zero-order valence-corrected chi connectivity index (χ0v) is 11.4. The van der Waals surface area contributed by atoms with Crippen molar-refractivity contribution in [3.63, 3.8) is 0 Å². The highest BCUT2D eigenvalue weighted by Gasteiger charge is 2.37. The van der Waals surface area contributed by atoms with E-state index in [1.54, 1.807) is 24.3 Å². The van der Waals surface area contributed by atoms with Gasteiger partial charge in [0.25, 0.3) is 5.91 Å². The summed E-state index contributed by atoms with van der Waals surface area (Å²) < 4.78 is 5.37. The Hall–Kier alpha value is -0.930. The van der Waals surface area contributed by atoms with Crippen LogP contribution in [0, 0.1) is 0 Å². The Morgan fingerprint density at radius 2 is 2.00 bits per heavy atom. The van der Waals surface area contributed by atoms with Gasteiger partial charge in [-0.1, -0.05) is 11.6 Å². The van der Waals surface area contributed by atoms with Crippen LogP contribution in [-0.2, 0) is 4.79 Å². The third-order valence-corrected chi connectivity index (χ3v) is 3.92. The summed E-state index contributed by atoms with van der Waals surface area (Å²) in [6.45, 7) is 0.000269. The first kappa shape index (κ1) is 13.5. The van der Waals surface area contributed by atoms with E-state index in [1.807, 2.05) is 0 Å². The lowest BCUT2D eigenvalue weighted by atomic mass is 9.78. The molecule has 1 aliphatic carbocycles. The Bertz CT molecular complexity index is 410. The highest BCUT2D eigenvalue weighted by atomic mass is 35.5. The number of alkyl halides is 1. The maximum Gasteiger partial charge on any atom is 0.258 e. The van der Waals surface area contributed by atoms with Gasteiger partial charge in [-0.05, 0) is 43.5 Å². The fourth-order valence-electron chi connectivity index (χ4n) is 1.91. The van der Waals surface area contributed by atoms with Crippen LogP contribution in [0.2, 0.25) is 5.02 Å². The normalized spacial score (nSPS) is 16.8. The molecule has 0 spiro atoms. The number of carbonyl (C=O) groups excluding carboxylic acids is 1. The van der Waals surface area contributed by atoms with E-state index < -0.39 is 0 Å². The van der Waals surface area contributed by atoms with Crippen LogP contribution in [0.15, 0.2) is 24.3 Å². The Kier molecular flexibility index (Phi) is 4.36. The first-order valence-electron chi connectivity index (χ1n) is 5.89. The monoisotopic (exact) mass is 287 g/mol. The number of nitrogens with one attached hydrogen (secondary N) is 1. The molecule has 98 valence electrons. The smallest absolute Gasteiger partial charge is 0.258 e. The van der Waals surface area contributed by atoms with E-state index in [4.69, 9.17) is 27.9 Å². The molecule has 1 aliphatic rings. The van der Waals surface area contributed by atoms with Gasteiger partial charge in [0.05, 0.1) is 5.54 Å². The number of halogens is 2. The molecule has 18 heavy (non-hydrogen) atoms. The van der Waals surface area contributed by atoms with E-state index in [0.29, 0.717) is 16.7 Å². The fraction of sp³-hybridized carbons (Fsp3) is 0.462. The van der Waals surface area contributed by atoms with Crippen LogP contribution in [-0.4, -0.2) is 23.9 Å². The number of rotatable bonds is 5. The van der Waals surface area contributed by atoms with Gasteiger partial charge in [0.2, 0.25) is 0 Å². The molecule has 0 unspecified atom stereocenters. The Morgan fingerprint density at radius 3 is 2.50 bits per heavy atom. The summed E-state index contributed by atoms with van der Waals surface area (Å²) in [5.74, 6) is 0.952. The van der Waals surface area contributed by atoms with E-state index >= 15 is 0 Å². The van der Waals surface area contributed by atoms with Crippen molar-refractivity contribution >= 4 is 29.1 Å². The molecule has 5 heteroatoms. The Labute approximate surface area is 116 Å². The minimum atomic E-state index is -0.206. The lowest BCUT2D eigenvalue weighted by molar-refractivity contribution is -0.125. The first-order valence-corrected chi connectivity index (χ1v) is 6.80. The summed E-state index contributed by atoms with van der Waals surface area (Å²) in [4.78, 5) is 11.7. The lowest BCUT2D eigenvalue weighted by Gasteiger charge is -2.40. The molecular weight excluding hydrogens is 273 g/mol. The molecule has 0 atom stereocenters. The molecular formula is C13H15Cl2NO2. The van der Waals surface area contributed by atoms with E-state index in [9.17, 15) is 4.79 Å². The van der Waals surface area contributed by atoms with Gasteiger partial charge in [-0.15, -0.1) is 11.6 Å². The van der Waals surface area contributed by atoms with Crippen LogP contribution >= 0.6 is 23.2 Å².